The molecule has 0 radical (unpaired) electrons. The Balaban J connectivity index is 2.03. The first kappa shape index (κ1) is 16.1. The minimum absolute atomic E-state index is 0.0198. The molecule has 25 heavy (non-hydrogen) atoms. The van der Waals surface area contributed by atoms with Crippen LogP contribution in [0.25, 0.3) is 16.7 Å². The summed E-state index contributed by atoms with van der Waals surface area (Å²) in [7, 11) is 1.51. The normalized spacial score (nSPS) is 19.8. The van der Waals surface area contributed by atoms with Gasteiger partial charge in [-0.15, -0.1) is 0 Å². The van der Waals surface area contributed by atoms with Crippen molar-refractivity contribution in [3.05, 3.63) is 53.1 Å². The topological polar surface area (TPSA) is 30.5 Å². The SMILES string of the molecule is COC1Oc2c(F)cc(F)cc2-c2ccc3c(c21)C(C)=CC(C)(C)N3. The molecule has 1 unspecified atom stereocenters. The summed E-state index contributed by atoms with van der Waals surface area (Å²) in [6.07, 6.45) is 1.37. The summed E-state index contributed by atoms with van der Waals surface area (Å²) in [5, 5.41) is 3.47. The molecule has 130 valence electrons. The van der Waals surface area contributed by atoms with Crippen molar-refractivity contribution in [3.8, 4) is 16.9 Å². The first-order chi connectivity index (χ1) is 11.8. The molecule has 2 aromatic carbocycles. The fourth-order valence-corrected chi connectivity index (χ4v) is 3.84. The highest BCUT2D eigenvalue weighted by Crippen LogP contribution is 2.50. The van der Waals surface area contributed by atoms with E-state index < -0.39 is 17.9 Å². The highest BCUT2D eigenvalue weighted by molar-refractivity contribution is 5.89. The highest BCUT2D eigenvalue weighted by atomic mass is 19.1. The molecular formula is C20H19F2NO2. The largest absolute Gasteiger partial charge is 0.457 e. The van der Waals surface area contributed by atoms with Crippen molar-refractivity contribution < 1.29 is 18.3 Å². The molecule has 0 aromatic heterocycles. The minimum atomic E-state index is -0.760. The van der Waals surface area contributed by atoms with Crippen LogP contribution in [0.3, 0.4) is 0 Å². The molecule has 3 nitrogen and oxygen atoms in total. The first-order valence-corrected chi connectivity index (χ1v) is 8.14. The third-order valence-electron chi connectivity index (χ3n) is 4.65. The van der Waals surface area contributed by atoms with Crippen LogP contribution < -0.4 is 10.1 Å². The standard InChI is InChI=1S/C20H19F2NO2/c1-10-9-20(2,3)23-15-6-5-12-13-7-11(21)8-14(22)18(13)25-19(24-4)17(12)16(10)15/h5-9,19,23H,1-4H3. The Morgan fingerprint density at radius 3 is 2.64 bits per heavy atom. The van der Waals surface area contributed by atoms with Gasteiger partial charge in [-0.25, -0.2) is 8.78 Å². The molecule has 0 bridgehead atoms. The van der Waals surface area contributed by atoms with Crippen LogP contribution in [-0.4, -0.2) is 12.6 Å². The molecule has 0 saturated carbocycles. The summed E-state index contributed by atoms with van der Waals surface area (Å²) in [5.74, 6) is -1.34. The van der Waals surface area contributed by atoms with E-state index in [0.717, 1.165) is 34.0 Å². The number of benzene rings is 2. The van der Waals surface area contributed by atoms with E-state index in [1.807, 2.05) is 19.1 Å². The van der Waals surface area contributed by atoms with Crippen molar-refractivity contribution in [2.45, 2.75) is 32.6 Å². The summed E-state index contributed by atoms with van der Waals surface area (Å²) in [6, 6.07) is 5.93. The number of hydrogen-bond donors (Lipinski definition) is 1. The lowest BCUT2D eigenvalue weighted by molar-refractivity contribution is -0.0600. The molecule has 2 aromatic rings. The zero-order chi connectivity index (χ0) is 17.9. The fraction of sp³-hybridized carbons (Fsp3) is 0.300. The summed E-state index contributed by atoms with van der Waals surface area (Å²) in [6.45, 7) is 6.20. The quantitative estimate of drug-likeness (QED) is 0.764. The maximum absolute atomic E-state index is 14.2. The molecule has 2 heterocycles. The van der Waals surface area contributed by atoms with Crippen LogP contribution in [0.15, 0.2) is 30.3 Å². The molecule has 2 aliphatic heterocycles. The summed E-state index contributed by atoms with van der Waals surface area (Å²) in [4.78, 5) is 0. The second-order valence-electron chi connectivity index (χ2n) is 7.07. The predicted octanol–water partition coefficient (Wildman–Crippen LogP) is 5.28. The van der Waals surface area contributed by atoms with Crippen LogP contribution in [0, 0.1) is 11.6 Å². The lowest BCUT2D eigenvalue weighted by Gasteiger charge is -2.36. The Hall–Kier alpha value is -2.40. The maximum Gasteiger partial charge on any atom is 0.227 e. The molecule has 5 heteroatoms. The molecule has 0 fully saturated rings. The molecular weight excluding hydrogens is 324 g/mol. The number of ether oxygens (including phenoxy) is 2. The van der Waals surface area contributed by atoms with Gasteiger partial charge in [-0.1, -0.05) is 12.1 Å². The van der Waals surface area contributed by atoms with Gasteiger partial charge in [0.25, 0.3) is 0 Å². The number of methoxy groups -OCH3 is 1. The predicted molar refractivity (Wildman–Crippen MR) is 93.5 cm³/mol. The molecule has 4 rings (SSSR count). The summed E-state index contributed by atoms with van der Waals surface area (Å²) >= 11 is 0. The molecule has 0 saturated heterocycles. The zero-order valence-corrected chi connectivity index (χ0v) is 14.5. The van der Waals surface area contributed by atoms with Crippen molar-refractivity contribution in [3.63, 3.8) is 0 Å². The van der Waals surface area contributed by atoms with Gasteiger partial charge in [-0.05, 0) is 44.0 Å². The Labute approximate surface area is 145 Å². The van der Waals surface area contributed by atoms with E-state index in [9.17, 15) is 8.78 Å². The third kappa shape index (κ3) is 2.42. The van der Waals surface area contributed by atoms with E-state index >= 15 is 0 Å². The smallest absolute Gasteiger partial charge is 0.227 e. The van der Waals surface area contributed by atoms with E-state index in [1.54, 1.807) is 0 Å². The first-order valence-electron chi connectivity index (χ1n) is 8.14. The van der Waals surface area contributed by atoms with Gasteiger partial charge in [0, 0.05) is 35.6 Å². The van der Waals surface area contributed by atoms with Crippen molar-refractivity contribution in [1.82, 2.24) is 0 Å². The Kier molecular flexibility index (Phi) is 3.41. The molecule has 1 atom stereocenters. The Bertz CT molecular complexity index is 918. The fourth-order valence-electron chi connectivity index (χ4n) is 3.84. The number of hydrogen-bond acceptors (Lipinski definition) is 3. The van der Waals surface area contributed by atoms with Crippen molar-refractivity contribution in [2.24, 2.45) is 0 Å². The van der Waals surface area contributed by atoms with Gasteiger partial charge in [-0.3, -0.25) is 0 Å². The second-order valence-corrected chi connectivity index (χ2v) is 7.07. The van der Waals surface area contributed by atoms with Gasteiger partial charge in [0.15, 0.2) is 11.6 Å². The molecule has 1 N–H and O–H groups in total. The Morgan fingerprint density at radius 1 is 1.16 bits per heavy atom. The summed E-state index contributed by atoms with van der Waals surface area (Å²) in [5.41, 5.74) is 4.71. The summed E-state index contributed by atoms with van der Waals surface area (Å²) < 4.78 is 39.2. The minimum Gasteiger partial charge on any atom is -0.457 e. The number of allylic oxidation sites excluding steroid dienone is 1. The van der Waals surface area contributed by atoms with Gasteiger partial charge >= 0.3 is 0 Å². The zero-order valence-electron chi connectivity index (χ0n) is 14.5. The monoisotopic (exact) mass is 343 g/mol. The van der Waals surface area contributed by atoms with Gasteiger partial charge < -0.3 is 14.8 Å². The van der Waals surface area contributed by atoms with Gasteiger partial charge in [0.1, 0.15) is 5.82 Å². The highest BCUT2D eigenvalue weighted by Gasteiger charge is 2.35. The van der Waals surface area contributed by atoms with Crippen LogP contribution in [-0.2, 0) is 4.74 Å². The number of nitrogens with one attached hydrogen (secondary N) is 1. The molecule has 0 spiro atoms. The number of halogens is 2. The van der Waals surface area contributed by atoms with Crippen LogP contribution in [0.1, 0.15) is 38.2 Å². The molecule has 2 aliphatic rings. The molecule has 0 aliphatic carbocycles. The number of fused-ring (bicyclic) bond motifs is 5. The van der Waals surface area contributed by atoms with Crippen LogP contribution >= 0.6 is 0 Å². The van der Waals surface area contributed by atoms with Crippen molar-refractivity contribution >= 4 is 11.3 Å². The average Bonchev–Trinajstić information content (AvgIpc) is 2.52. The maximum atomic E-state index is 14.2. The molecule has 0 amide bonds. The van der Waals surface area contributed by atoms with Gasteiger partial charge in [0.05, 0.1) is 5.54 Å². The second kappa shape index (κ2) is 5.30. The lowest BCUT2D eigenvalue weighted by Crippen LogP contribution is -2.32. The van der Waals surface area contributed by atoms with Crippen LogP contribution in [0.5, 0.6) is 5.75 Å². The third-order valence-corrected chi connectivity index (χ3v) is 4.65. The van der Waals surface area contributed by atoms with Gasteiger partial charge in [0.2, 0.25) is 6.29 Å². The van der Waals surface area contributed by atoms with E-state index in [-0.39, 0.29) is 11.3 Å². The van der Waals surface area contributed by atoms with Crippen LogP contribution in [0.4, 0.5) is 14.5 Å². The average molecular weight is 343 g/mol. The van der Waals surface area contributed by atoms with Crippen molar-refractivity contribution in [2.75, 3.05) is 12.4 Å². The number of anilines is 1. The van der Waals surface area contributed by atoms with E-state index in [0.29, 0.717) is 5.56 Å². The van der Waals surface area contributed by atoms with Crippen molar-refractivity contribution in [1.29, 1.82) is 0 Å². The van der Waals surface area contributed by atoms with Gasteiger partial charge in [-0.2, -0.15) is 0 Å². The Morgan fingerprint density at radius 2 is 1.92 bits per heavy atom. The van der Waals surface area contributed by atoms with E-state index in [4.69, 9.17) is 9.47 Å². The van der Waals surface area contributed by atoms with Crippen LogP contribution in [0.2, 0.25) is 0 Å². The van der Waals surface area contributed by atoms with E-state index in [2.05, 4.69) is 25.2 Å². The lowest BCUT2D eigenvalue weighted by atomic mass is 9.84. The van der Waals surface area contributed by atoms with E-state index in [1.165, 1.54) is 13.2 Å². The number of rotatable bonds is 1.